The highest BCUT2D eigenvalue weighted by Gasteiger charge is 2.53. The quantitative estimate of drug-likeness (QED) is 0.915. The molecule has 0 bridgehead atoms. The minimum atomic E-state index is -0.775. The summed E-state index contributed by atoms with van der Waals surface area (Å²) in [5, 5.41) is 13.2. The number of fused-ring (bicyclic) bond motifs is 1. The first-order valence-electron chi connectivity index (χ1n) is 7.94. The summed E-state index contributed by atoms with van der Waals surface area (Å²) in [6, 6.07) is 13.8. The third-order valence-electron chi connectivity index (χ3n) is 5.06. The molecule has 2 aromatic carbocycles. The molecule has 23 heavy (non-hydrogen) atoms. The second-order valence-electron chi connectivity index (χ2n) is 6.48. The van der Waals surface area contributed by atoms with Crippen molar-refractivity contribution >= 4 is 5.91 Å². The molecule has 0 saturated heterocycles. The first-order chi connectivity index (χ1) is 11.1. The number of carbonyl (C=O) groups excluding carboxylic acids is 1. The molecular weight excluding hydrogens is 293 g/mol. The molecule has 0 aromatic heterocycles. The van der Waals surface area contributed by atoms with Crippen molar-refractivity contribution in [2.24, 2.45) is 0 Å². The predicted molar refractivity (Wildman–Crippen MR) is 84.3 cm³/mol. The van der Waals surface area contributed by atoms with E-state index in [1.54, 1.807) is 18.2 Å². The van der Waals surface area contributed by atoms with E-state index in [0.717, 1.165) is 11.1 Å². The fraction of sp³-hybridized carbons (Fsp3) is 0.316. The monoisotopic (exact) mass is 311 g/mol. The number of aliphatic hydroxyl groups excluding tert-OH is 1. The van der Waals surface area contributed by atoms with Crippen molar-refractivity contribution in [2.45, 2.75) is 36.8 Å². The van der Waals surface area contributed by atoms with E-state index in [-0.39, 0.29) is 11.7 Å². The lowest BCUT2D eigenvalue weighted by Gasteiger charge is -2.23. The van der Waals surface area contributed by atoms with Gasteiger partial charge in [-0.2, -0.15) is 0 Å². The molecular formula is C19H18FNO2. The van der Waals surface area contributed by atoms with Gasteiger partial charge in [-0.25, -0.2) is 4.39 Å². The van der Waals surface area contributed by atoms with Crippen LogP contribution in [0.5, 0.6) is 0 Å². The number of benzene rings is 2. The fourth-order valence-corrected chi connectivity index (χ4v) is 3.62. The summed E-state index contributed by atoms with van der Waals surface area (Å²) in [7, 11) is 0. The number of halogens is 1. The van der Waals surface area contributed by atoms with Crippen LogP contribution in [-0.4, -0.2) is 17.1 Å². The van der Waals surface area contributed by atoms with Crippen molar-refractivity contribution in [2.75, 3.05) is 0 Å². The average Bonchev–Trinajstić information content (AvgIpc) is 3.29. The molecule has 118 valence electrons. The third kappa shape index (κ3) is 2.25. The van der Waals surface area contributed by atoms with Crippen molar-refractivity contribution in [1.82, 2.24) is 5.32 Å². The zero-order valence-corrected chi connectivity index (χ0v) is 12.6. The second-order valence-corrected chi connectivity index (χ2v) is 6.48. The molecule has 1 amide bonds. The van der Waals surface area contributed by atoms with Crippen molar-refractivity contribution in [3.8, 4) is 0 Å². The van der Waals surface area contributed by atoms with Gasteiger partial charge in [0.2, 0.25) is 5.91 Å². The summed E-state index contributed by atoms with van der Waals surface area (Å²) in [5.74, 6) is -0.532. The lowest BCUT2D eigenvalue weighted by atomic mass is 9.93. The van der Waals surface area contributed by atoms with E-state index in [9.17, 15) is 14.3 Å². The number of aliphatic hydroxyl groups is 1. The summed E-state index contributed by atoms with van der Waals surface area (Å²) < 4.78 is 14.1. The summed E-state index contributed by atoms with van der Waals surface area (Å²) >= 11 is 0. The standard InChI is InChI=1S/C19H18FNO2/c20-15-8-4-3-7-14(15)19(9-10-19)18(23)21-17-13-6-2-1-5-12(13)11-16(17)22/h1-8,16-17,22H,9-11H2,(H,21,23)/t16-,17+/m1/s1. The molecule has 4 heteroatoms. The molecule has 2 aliphatic rings. The maximum absolute atomic E-state index is 14.1. The normalized spacial score (nSPS) is 24.1. The van der Waals surface area contributed by atoms with Crippen LogP contribution in [0, 0.1) is 5.82 Å². The fourth-order valence-electron chi connectivity index (χ4n) is 3.62. The topological polar surface area (TPSA) is 49.3 Å². The van der Waals surface area contributed by atoms with E-state index >= 15 is 0 Å². The highest BCUT2D eigenvalue weighted by atomic mass is 19.1. The highest BCUT2D eigenvalue weighted by molar-refractivity contribution is 5.91. The van der Waals surface area contributed by atoms with Gasteiger partial charge in [0, 0.05) is 12.0 Å². The molecule has 4 rings (SSSR count). The predicted octanol–water partition coefficient (Wildman–Crippen LogP) is 2.63. The van der Waals surface area contributed by atoms with E-state index in [1.807, 2.05) is 24.3 Å². The number of amides is 1. The number of carbonyl (C=O) groups is 1. The number of hydrogen-bond acceptors (Lipinski definition) is 2. The van der Waals surface area contributed by atoms with Crippen LogP contribution in [0.1, 0.15) is 35.6 Å². The van der Waals surface area contributed by atoms with Gasteiger partial charge in [-0.15, -0.1) is 0 Å². The van der Waals surface area contributed by atoms with Crippen LogP contribution in [-0.2, 0) is 16.6 Å². The van der Waals surface area contributed by atoms with Gasteiger partial charge >= 0.3 is 0 Å². The SMILES string of the molecule is O=C(N[C@H]1c2ccccc2C[C@H]1O)C1(c2ccccc2F)CC1. The molecule has 1 saturated carbocycles. The summed E-state index contributed by atoms with van der Waals surface area (Å²) in [6.07, 6.45) is 1.19. The molecule has 2 N–H and O–H groups in total. The average molecular weight is 311 g/mol. The van der Waals surface area contributed by atoms with Crippen LogP contribution >= 0.6 is 0 Å². The zero-order chi connectivity index (χ0) is 16.0. The van der Waals surface area contributed by atoms with Gasteiger partial charge in [0.1, 0.15) is 5.82 Å². The first kappa shape index (κ1) is 14.4. The summed E-state index contributed by atoms with van der Waals surface area (Å²) in [6.45, 7) is 0. The van der Waals surface area contributed by atoms with Crippen LogP contribution < -0.4 is 5.32 Å². The molecule has 0 radical (unpaired) electrons. The molecule has 3 nitrogen and oxygen atoms in total. The Kier molecular flexibility index (Phi) is 3.23. The Morgan fingerprint density at radius 3 is 2.57 bits per heavy atom. The molecule has 0 unspecified atom stereocenters. The van der Waals surface area contributed by atoms with Crippen molar-refractivity contribution in [3.63, 3.8) is 0 Å². The van der Waals surface area contributed by atoms with Gasteiger partial charge in [0.05, 0.1) is 17.6 Å². The van der Waals surface area contributed by atoms with Crippen LogP contribution in [0.3, 0.4) is 0 Å². The molecule has 0 heterocycles. The van der Waals surface area contributed by atoms with Gasteiger partial charge in [0.25, 0.3) is 0 Å². The van der Waals surface area contributed by atoms with E-state index in [0.29, 0.717) is 24.8 Å². The third-order valence-corrected chi connectivity index (χ3v) is 5.06. The molecule has 2 atom stereocenters. The van der Waals surface area contributed by atoms with Gasteiger partial charge < -0.3 is 10.4 Å². The largest absolute Gasteiger partial charge is 0.390 e. The Morgan fingerprint density at radius 1 is 1.13 bits per heavy atom. The molecule has 1 fully saturated rings. The van der Waals surface area contributed by atoms with E-state index in [1.165, 1.54) is 6.07 Å². The van der Waals surface area contributed by atoms with Gasteiger partial charge in [-0.05, 0) is 30.0 Å². The van der Waals surface area contributed by atoms with Crippen LogP contribution in [0.15, 0.2) is 48.5 Å². The lowest BCUT2D eigenvalue weighted by Crippen LogP contribution is -2.40. The zero-order valence-electron chi connectivity index (χ0n) is 12.6. The summed E-state index contributed by atoms with van der Waals surface area (Å²) in [4.78, 5) is 12.8. The Hall–Kier alpha value is -2.20. The molecule has 2 aliphatic carbocycles. The number of rotatable bonds is 3. The first-order valence-corrected chi connectivity index (χ1v) is 7.94. The number of nitrogens with one attached hydrogen (secondary N) is 1. The van der Waals surface area contributed by atoms with Gasteiger partial charge in [-0.1, -0.05) is 42.5 Å². The van der Waals surface area contributed by atoms with Crippen LogP contribution in [0.2, 0.25) is 0 Å². The van der Waals surface area contributed by atoms with Crippen LogP contribution in [0.25, 0.3) is 0 Å². The Balaban J connectivity index is 1.61. The lowest BCUT2D eigenvalue weighted by molar-refractivity contribution is -0.125. The maximum atomic E-state index is 14.1. The molecule has 2 aromatic rings. The van der Waals surface area contributed by atoms with E-state index in [4.69, 9.17) is 0 Å². The Bertz CT molecular complexity index is 769. The van der Waals surface area contributed by atoms with E-state index < -0.39 is 17.6 Å². The minimum absolute atomic E-state index is 0.191. The Morgan fingerprint density at radius 2 is 1.83 bits per heavy atom. The minimum Gasteiger partial charge on any atom is -0.390 e. The summed E-state index contributed by atoms with van der Waals surface area (Å²) in [5.41, 5.74) is 1.69. The van der Waals surface area contributed by atoms with Gasteiger partial charge in [-0.3, -0.25) is 4.79 Å². The van der Waals surface area contributed by atoms with Crippen LogP contribution in [0.4, 0.5) is 4.39 Å². The smallest absolute Gasteiger partial charge is 0.231 e. The number of hydrogen-bond donors (Lipinski definition) is 2. The van der Waals surface area contributed by atoms with Crippen molar-refractivity contribution in [1.29, 1.82) is 0 Å². The van der Waals surface area contributed by atoms with Gasteiger partial charge in [0.15, 0.2) is 0 Å². The van der Waals surface area contributed by atoms with E-state index in [2.05, 4.69) is 5.32 Å². The Labute approximate surface area is 134 Å². The maximum Gasteiger partial charge on any atom is 0.231 e. The van der Waals surface area contributed by atoms with Crippen molar-refractivity contribution in [3.05, 3.63) is 71.0 Å². The second kappa shape index (κ2) is 5.17. The highest BCUT2D eigenvalue weighted by Crippen LogP contribution is 2.50. The molecule has 0 aliphatic heterocycles. The van der Waals surface area contributed by atoms with Crippen molar-refractivity contribution < 1.29 is 14.3 Å². The molecule has 0 spiro atoms.